The highest BCUT2D eigenvalue weighted by Gasteiger charge is 2.37. The summed E-state index contributed by atoms with van der Waals surface area (Å²) in [6.07, 6.45) is 5.01. The highest BCUT2D eigenvalue weighted by Crippen LogP contribution is 2.40. The van der Waals surface area contributed by atoms with Crippen molar-refractivity contribution >= 4 is 17.3 Å². The molecule has 2 fully saturated rings. The molecule has 0 aromatic heterocycles. The number of fused-ring (bicyclic) bond motifs is 2. The molecule has 17 heavy (non-hydrogen) atoms. The molecule has 0 spiro atoms. The van der Waals surface area contributed by atoms with Gasteiger partial charge in [-0.15, -0.1) is 0 Å². The van der Waals surface area contributed by atoms with Gasteiger partial charge in [-0.2, -0.15) is 0 Å². The van der Waals surface area contributed by atoms with Gasteiger partial charge >= 0.3 is 0 Å². The fourth-order valence-electron chi connectivity index (χ4n) is 3.31. The van der Waals surface area contributed by atoms with Crippen LogP contribution in [0.3, 0.4) is 0 Å². The van der Waals surface area contributed by atoms with Gasteiger partial charge in [0.15, 0.2) is 0 Å². The van der Waals surface area contributed by atoms with Gasteiger partial charge < -0.3 is 10.6 Å². The largest absolute Gasteiger partial charge is 0.368 e. The third kappa shape index (κ3) is 2.04. The maximum absolute atomic E-state index is 6.31. The minimum Gasteiger partial charge on any atom is -0.368 e. The Labute approximate surface area is 108 Å². The quantitative estimate of drug-likeness (QED) is 0.894. The lowest BCUT2D eigenvalue weighted by molar-refractivity contribution is 0.553. The second kappa shape index (κ2) is 4.51. The monoisotopic (exact) mass is 250 g/mol. The Morgan fingerprint density at radius 1 is 1.35 bits per heavy atom. The van der Waals surface area contributed by atoms with Crippen LogP contribution in [0.25, 0.3) is 0 Å². The van der Waals surface area contributed by atoms with E-state index in [1.165, 1.54) is 37.1 Å². The predicted octanol–water partition coefficient (Wildman–Crippen LogP) is 2.83. The summed E-state index contributed by atoms with van der Waals surface area (Å²) >= 11 is 6.31. The molecule has 2 N–H and O–H groups in total. The molecule has 2 nitrogen and oxygen atoms in total. The smallest absolute Gasteiger partial charge is 0.0459 e. The summed E-state index contributed by atoms with van der Waals surface area (Å²) < 4.78 is 0. The van der Waals surface area contributed by atoms with Gasteiger partial charge in [-0.3, -0.25) is 0 Å². The Kier molecular flexibility index (Phi) is 3.01. The van der Waals surface area contributed by atoms with E-state index < -0.39 is 0 Å². The van der Waals surface area contributed by atoms with E-state index in [1.807, 2.05) is 0 Å². The molecule has 1 saturated carbocycles. The third-order valence-electron chi connectivity index (χ3n) is 4.19. The molecule has 0 radical (unpaired) electrons. The molecule has 1 saturated heterocycles. The lowest BCUT2D eigenvalue weighted by atomic mass is 10.1. The SMILES string of the molecule is NCCc1ccc(N2CC3CCC2C3)cc1Cl. The molecule has 1 aromatic carbocycles. The maximum Gasteiger partial charge on any atom is 0.0459 e. The van der Waals surface area contributed by atoms with Crippen LogP contribution in [-0.2, 0) is 6.42 Å². The standard InChI is InChI=1S/C14H19ClN2/c15-14-8-13(4-2-11(14)5-6-16)17-9-10-1-3-12(17)7-10/h2,4,8,10,12H,1,3,5-7,9,16H2. The van der Waals surface area contributed by atoms with Gasteiger partial charge in [0.25, 0.3) is 0 Å². The highest BCUT2D eigenvalue weighted by atomic mass is 35.5. The minimum absolute atomic E-state index is 0.660. The fraction of sp³-hybridized carbons (Fsp3) is 0.571. The van der Waals surface area contributed by atoms with E-state index in [2.05, 4.69) is 23.1 Å². The summed E-state index contributed by atoms with van der Waals surface area (Å²) in [6.45, 7) is 1.88. The van der Waals surface area contributed by atoms with E-state index in [0.717, 1.165) is 23.4 Å². The average Bonchev–Trinajstić information content (AvgIpc) is 2.94. The van der Waals surface area contributed by atoms with Crippen molar-refractivity contribution in [1.29, 1.82) is 0 Å². The summed E-state index contributed by atoms with van der Waals surface area (Å²) in [7, 11) is 0. The van der Waals surface area contributed by atoms with Gasteiger partial charge in [-0.1, -0.05) is 17.7 Å². The van der Waals surface area contributed by atoms with Gasteiger partial charge in [0, 0.05) is 23.3 Å². The molecule has 2 atom stereocenters. The second-order valence-corrected chi connectivity index (χ2v) is 5.71. The van der Waals surface area contributed by atoms with Crippen LogP contribution in [0.15, 0.2) is 18.2 Å². The molecule has 3 rings (SSSR count). The Morgan fingerprint density at radius 3 is 2.82 bits per heavy atom. The molecular formula is C14H19ClN2. The van der Waals surface area contributed by atoms with Crippen LogP contribution >= 0.6 is 11.6 Å². The normalized spacial score (nSPS) is 26.8. The minimum atomic E-state index is 0.660. The number of nitrogens with zero attached hydrogens (tertiary/aromatic N) is 1. The van der Waals surface area contributed by atoms with Crippen molar-refractivity contribution < 1.29 is 0 Å². The Hall–Kier alpha value is -0.730. The van der Waals surface area contributed by atoms with Crippen molar-refractivity contribution in [2.24, 2.45) is 11.7 Å². The molecule has 92 valence electrons. The number of rotatable bonds is 3. The van der Waals surface area contributed by atoms with Gasteiger partial charge in [-0.25, -0.2) is 0 Å². The van der Waals surface area contributed by atoms with Gasteiger partial charge in [-0.05, 0) is 55.8 Å². The van der Waals surface area contributed by atoms with Crippen LogP contribution < -0.4 is 10.6 Å². The first kappa shape index (κ1) is 11.4. The number of hydrogen-bond acceptors (Lipinski definition) is 2. The van der Waals surface area contributed by atoms with E-state index in [0.29, 0.717) is 6.54 Å². The Morgan fingerprint density at radius 2 is 2.24 bits per heavy atom. The zero-order chi connectivity index (χ0) is 11.8. The summed E-state index contributed by atoms with van der Waals surface area (Å²) in [6, 6.07) is 7.22. The van der Waals surface area contributed by atoms with Crippen LogP contribution in [0.2, 0.25) is 5.02 Å². The maximum atomic E-state index is 6.31. The van der Waals surface area contributed by atoms with Crippen LogP contribution in [-0.4, -0.2) is 19.1 Å². The van der Waals surface area contributed by atoms with E-state index >= 15 is 0 Å². The molecule has 3 heteroatoms. The predicted molar refractivity (Wildman–Crippen MR) is 72.7 cm³/mol. The summed E-state index contributed by atoms with van der Waals surface area (Å²) in [5.74, 6) is 0.919. The lowest BCUT2D eigenvalue weighted by Crippen LogP contribution is -2.31. The molecular weight excluding hydrogens is 232 g/mol. The Balaban J connectivity index is 1.82. The Bertz CT molecular complexity index is 419. The number of hydrogen-bond donors (Lipinski definition) is 1. The van der Waals surface area contributed by atoms with Gasteiger partial charge in [0.05, 0.1) is 0 Å². The number of halogens is 1. The van der Waals surface area contributed by atoms with Crippen molar-refractivity contribution in [2.75, 3.05) is 18.0 Å². The lowest BCUT2D eigenvalue weighted by Gasteiger charge is -2.29. The summed E-state index contributed by atoms with van der Waals surface area (Å²) in [5, 5.41) is 0.871. The molecule has 1 aromatic rings. The van der Waals surface area contributed by atoms with Crippen LogP contribution in [0, 0.1) is 5.92 Å². The first-order valence-electron chi connectivity index (χ1n) is 6.53. The van der Waals surface area contributed by atoms with Crippen LogP contribution in [0.4, 0.5) is 5.69 Å². The zero-order valence-corrected chi connectivity index (χ0v) is 10.8. The van der Waals surface area contributed by atoms with Crippen molar-refractivity contribution in [2.45, 2.75) is 31.7 Å². The van der Waals surface area contributed by atoms with Gasteiger partial charge in [0.1, 0.15) is 0 Å². The highest BCUT2D eigenvalue weighted by molar-refractivity contribution is 6.31. The van der Waals surface area contributed by atoms with Crippen LogP contribution in [0.5, 0.6) is 0 Å². The van der Waals surface area contributed by atoms with Gasteiger partial charge in [0.2, 0.25) is 0 Å². The molecule has 2 unspecified atom stereocenters. The van der Waals surface area contributed by atoms with E-state index in [9.17, 15) is 0 Å². The topological polar surface area (TPSA) is 29.3 Å². The van der Waals surface area contributed by atoms with Crippen molar-refractivity contribution in [3.05, 3.63) is 28.8 Å². The summed E-state index contributed by atoms with van der Waals surface area (Å²) in [5.41, 5.74) is 8.03. The molecule has 2 aliphatic rings. The second-order valence-electron chi connectivity index (χ2n) is 5.30. The number of anilines is 1. The number of piperidine rings is 1. The van der Waals surface area contributed by atoms with Crippen LogP contribution in [0.1, 0.15) is 24.8 Å². The van der Waals surface area contributed by atoms with E-state index in [1.54, 1.807) is 0 Å². The molecule has 0 amide bonds. The molecule has 1 aliphatic carbocycles. The first-order chi connectivity index (χ1) is 8.28. The fourth-order valence-corrected chi connectivity index (χ4v) is 3.58. The molecule has 2 bridgehead atoms. The molecule has 1 aliphatic heterocycles. The van der Waals surface area contributed by atoms with E-state index in [4.69, 9.17) is 17.3 Å². The average molecular weight is 251 g/mol. The van der Waals surface area contributed by atoms with Crippen molar-refractivity contribution in [3.63, 3.8) is 0 Å². The third-order valence-corrected chi connectivity index (χ3v) is 4.54. The number of nitrogens with two attached hydrogens (primary N) is 1. The van der Waals surface area contributed by atoms with Crippen molar-refractivity contribution in [1.82, 2.24) is 0 Å². The first-order valence-corrected chi connectivity index (χ1v) is 6.91. The molecule has 1 heterocycles. The van der Waals surface area contributed by atoms with E-state index in [-0.39, 0.29) is 0 Å². The van der Waals surface area contributed by atoms with Crippen molar-refractivity contribution in [3.8, 4) is 0 Å². The summed E-state index contributed by atoms with van der Waals surface area (Å²) in [4.78, 5) is 2.53. The zero-order valence-electron chi connectivity index (χ0n) is 10.0. The number of benzene rings is 1.